The first kappa shape index (κ1) is 22.4. The average Bonchev–Trinajstić information content (AvgIpc) is 3.25. The molecule has 0 radical (unpaired) electrons. The average molecular weight is 413 g/mol. The van der Waals surface area contributed by atoms with Gasteiger partial charge in [0.25, 0.3) is 0 Å². The Kier molecular flexibility index (Phi) is 7.58. The Morgan fingerprint density at radius 1 is 1.43 bits per heavy atom. The van der Waals surface area contributed by atoms with Gasteiger partial charge in [-0.15, -0.1) is 11.8 Å². The van der Waals surface area contributed by atoms with Gasteiger partial charge in [0, 0.05) is 36.7 Å². The zero-order valence-electron chi connectivity index (χ0n) is 18.0. The van der Waals surface area contributed by atoms with Crippen molar-refractivity contribution < 1.29 is 24.5 Å². The van der Waals surface area contributed by atoms with Crippen molar-refractivity contribution in [1.82, 2.24) is 0 Å². The van der Waals surface area contributed by atoms with Crippen molar-refractivity contribution in [2.24, 2.45) is 11.8 Å². The summed E-state index contributed by atoms with van der Waals surface area (Å²) in [6.45, 7) is 3.77. The fourth-order valence-electron chi connectivity index (χ4n) is 4.51. The zero-order chi connectivity index (χ0) is 21.7. The highest BCUT2D eigenvalue weighted by atomic mass is 16.5. The Morgan fingerprint density at radius 2 is 2.23 bits per heavy atom. The molecule has 0 spiro atoms. The second kappa shape index (κ2) is 10.1. The number of para-hydroxylation sites is 1. The molecule has 30 heavy (non-hydrogen) atoms. The largest absolute Gasteiger partial charge is 0.489 e. The smallest absolute Gasteiger partial charge is 0.305 e. The fraction of sp³-hybridized carbons (Fsp3) is 0.560. The van der Waals surface area contributed by atoms with Crippen LogP contribution in [0, 0.1) is 23.7 Å². The van der Waals surface area contributed by atoms with Crippen molar-refractivity contribution in [2.75, 3.05) is 7.11 Å². The number of aliphatic hydroxyl groups is 2. The molecule has 0 amide bonds. The Balaban J connectivity index is 1.73. The van der Waals surface area contributed by atoms with Gasteiger partial charge >= 0.3 is 5.97 Å². The summed E-state index contributed by atoms with van der Waals surface area (Å²) in [5.74, 6) is 6.58. The molecule has 1 saturated carbocycles. The van der Waals surface area contributed by atoms with E-state index in [4.69, 9.17) is 9.47 Å². The molecular formula is C25H32O5. The number of aliphatic hydroxyl groups excluding tert-OH is 2. The Morgan fingerprint density at radius 3 is 2.97 bits per heavy atom. The molecule has 1 aromatic rings. The molecule has 1 fully saturated rings. The molecule has 2 aliphatic rings. The summed E-state index contributed by atoms with van der Waals surface area (Å²) in [5, 5.41) is 21.1. The third-order valence-corrected chi connectivity index (χ3v) is 6.26. The van der Waals surface area contributed by atoms with E-state index in [9.17, 15) is 15.0 Å². The first-order valence-corrected chi connectivity index (χ1v) is 10.8. The Labute approximate surface area is 179 Å². The van der Waals surface area contributed by atoms with Crippen molar-refractivity contribution in [3.63, 3.8) is 0 Å². The van der Waals surface area contributed by atoms with Gasteiger partial charge in [-0.1, -0.05) is 37.3 Å². The van der Waals surface area contributed by atoms with Crippen LogP contribution in [-0.4, -0.2) is 41.6 Å². The molecule has 0 aromatic heterocycles. The molecule has 5 nitrogen and oxygen atoms in total. The maximum Gasteiger partial charge on any atom is 0.305 e. The summed E-state index contributed by atoms with van der Waals surface area (Å²) in [5.41, 5.74) is 2.20. The van der Waals surface area contributed by atoms with Crippen molar-refractivity contribution in [1.29, 1.82) is 0 Å². The van der Waals surface area contributed by atoms with Gasteiger partial charge in [0.15, 0.2) is 0 Å². The van der Waals surface area contributed by atoms with Crippen LogP contribution in [0.4, 0.5) is 0 Å². The standard InChI is InChI=1S/C25H32O5/c1-4-5-8-16(2)20(26)14-13-18-21(27)15-22-24(18)19-11-6-9-17(25(19)30-22)10-7-12-23(28)29-3/h6,9,11,13-14,16,18,20-22,24,26-27H,7-8,10,12,15H2,1-3H3/t16-,18-,20+,21+,22-,24-/m0/s1. The van der Waals surface area contributed by atoms with E-state index in [0.29, 0.717) is 25.7 Å². The predicted octanol–water partition coefficient (Wildman–Crippen LogP) is 3.37. The minimum absolute atomic E-state index is 0.0385. The lowest BCUT2D eigenvalue weighted by Crippen LogP contribution is -2.19. The number of esters is 1. The molecule has 0 saturated heterocycles. The molecule has 162 valence electrons. The van der Waals surface area contributed by atoms with E-state index < -0.39 is 12.2 Å². The second-order valence-corrected chi connectivity index (χ2v) is 8.31. The lowest BCUT2D eigenvalue weighted by atomic mass is 9.86. The summed E-state index contributed by atoms with van der Waals surface area (Å²) >= 11 is 0. The number of aryl methyl sites for hydroxylation is 1. The van der Waals surface area contributed by atoms with Crippen LogP contribution in [0.5, 0.6) is 5.75 Å². The van der Waals surface area contributed by atoms with Gasteiger partial charge in [0.1, 0.15) is 11.9 Å². The summed E-state index contributed by atoms with van der Waals surface area (Å²) in [6, 6.07) is 6.13. The summed E-state index contributed by atoms with van der Waals surface area (Å²) in [7, 11) is 1.40. The van der Waals surface area contributed by atoms with E-state index in [1.54, 1.807) is 13.0 Å². The molecule has 1 aromatic carbocycles. The van der Waals surface area contributed by atoms with Crippen molar-refractivity contribution in [3.05, 3.63) is 41.5 Å². The second-order valence-electron chi connectivity index (χ2n) is 8.31. The summed E-state index contributed by atoms with van der Waals surface area (Å²) in [6.07, 6.45) is 5.66. The third kappa shape index (κ3) is 4.88. The molecule has 0 bridgehead atoms. The van der Waals surface area contributed by atoms with Gasteiger partial charge in [-0.25, -0.2) is 0 Å². The number of hydrogen-bond donors (Lipinski definition) is 2. The third-order valence-electron chi connectivity index (χ3n) is 6.26. The van der Waals surface area contributed by atoms with Gasteiger partial charge in [0.2, 0.25) is 0 Å². The molecule has 1 aliphatic heterocycles. The van der Waals surface area contributed by atoms with Crippen LogP contribution < -0.4 is 4.74 Å². The number of methoxy groups -OCH3 is 1. The van der Waals surface area contributed by atoms with E-state index in [2.05, 4.69) is 17.9 Å². The highest BCUT2D eigenvalue weighted by Gasteiger charge is 2.48. The van der Waals surface area contributed by atoms with E-state index in [-0.39, 0.29) is 29.8 Å². The van der Waals surface area contributed by atoms with Gasteiger partial charge < -0.3 is 19.7 Å². The summed E-state index contributed by atoms with van der Waals surface area (Å²) in [4.78, 5) is 11.4. The highest BCUT2D eigenvalue weighted by molar-refractivity contribution is 5.69. The molecule has 3 rings (SSSR count). The van der Waals surface area contributed by atoms with Crippen LogP contribution in [0.15, 0.2) is 30.4 Å². The fourth-order valence-corrected chi connectivity index (χ4v) is 4.51. The van der Waals surface area contributed by atoms with Crippen molar-refractivity contribution in [2.45, 2.75) is 70.2 Å². The van der Waals surface area contributed by atoms with E-state index in [0.717, 1.165) is 23.3 Å². The maximum atomic E-state index is 11.4. The minimum Gasteiger partial charge on any atom is -0.489 e. The minimum atomic E-state index is -0.594. The molecule has 1 aliphatic carbocycles. The van der Waals surface area contributed by atoms with Gasteiger partial charge in [0.05, 0.1) is 19.3 Å². The topological polar surface area (TPSA) is 76.0 Å². The predicted molar refractivity (Wildman–Crippen MR) is 115 cm³/mol. The van der Waals surface area contributed by atoms with Crippen LogP contribution in [-0.2, 0) is 16.0 Å². The van der Waals surface area contributed by atoms with E-state index in [1.165, 1.54) is 7.11 Å². The first-order chi connectivity index (χ1) is 14.5. The number of rotatable bonds is 8. The number of fused-ring (bicyclic) bond motifs is 3. The van der Waals surface area contributed by atoms with Gasteiger partial charge in [-0.05, 0) is 31.2 Å². The van der Waals surface area contributed by atoms with E-state index in [1.807, 2.05) is 25.1 Å². The van der Waals surface area contributed by atoms with Crippen molar-refractivity contribution >= 4 is 5.97 Å². The monoisotopic (exact) mass is 412 g/mol. The maximum absolute atomic E-state index is 11.4. The number of hydrogen-bond acceptors (Lipinski definition) is 5. The quantitative estimate of drug-likeness (QED) is 0.389. The number of benzene rings is 1. The van der Waals surface area contributed by atoms with Crippen LogP contribution >= 0.6 is 0 Å². The summed E-state index contributed by atoms with van der Waals surface area (Å²) < 4.78 is 11.0. The lowest BCUT2D eigenvalue weighted by molar-refractivity contribution is -0.140. The molecule has 0 unspecified atom stereocenters. The lowest BCUT2D eigenvalue weighted by Gasteiger charge is -2.19. The van der Waals surface area contributed by atoms with Crippen LogP contribution in [0.1, 0.15) is 56.6 Å². The Hall–Kier alpha value is -2.29. The van der Waals surface area contributed by atoms with Crippen molar-refractivity contribution in [3.8, 4) is 17.6 Å². The molecule has 5 heteroatoms. The van der Waals surface area contributed by atoms with Crippen LogP contribution in [0.2, 0.25) is 0 Å². The highest BCUT2D eigenvalue weighted by Crippen LogP contribution is 2.52. The van der Waals surface area contributed by atoms with Crippen LogP contribution in [0.25, 0.3) is 0 Å². The zero-order valence-corrected chi connectivity index (χ0v) is 18.0. The van der Waals surface area contributed by atoms with E-state index >= 15 is 0 Å². The normalized spacial score (nSPS) is 26.3. The number of ether oxygens (including phenoxy) is 2. The Bertz CT molecular complexity index is 834. The SMILES string of the molecule is CC#CC[C@H](C)[C@H](O)C=C[C@@H]1[C@H]2c3cccc(CCCC(=O)OC)c3O[C@H]2C[C@H]1O. The molecule has 2 N–H and O–H groups in total. The van der Waals surface area contributed by atoms with Gasteiger partial charge in [-0.2, -0.15) is 0 Å². The number of carbonyl (C=O) groups is 1. The number of carbonyl (C=O) groups excluding carboxylic acids is 1. The first-order valence-electron chi connectivity index (χ1n) is 10.8. The molecular weight excluding hydrogens is 380 g/mol. The molecule has 6 atom stereocenters. The van der Waals surface area contributed by atoms with Crippen LogP contribution in [0.3, 0.4) is 0 Å². The molecule has 1 heterocycles. The van der Waals surface area contributed by atoms with Gasteiger partial charge in [-0.3, -0.25) is 4.79 Å².